The molecule has 2 unspecified atom stereocenters. The molecule has 4 nitrogen and oxygen atoms in total. The van der Waals surface area contributed by atoms with Crippen molar-refractivity contribution in [1.29, 1.82) is 0 Å². The molecule has 0 amide bonds. The summed E-state index contributed by atoms with van der Waals surface area (Å²) in [5.41, 5.74) is 2.68. The van der Waals surface area contributed by atoms with E-state index in [9.17, 15) is 0 Å². The van der Waals surface area contributed by atoms with Crippen LogP contribution in [0.1, 0.15) is 30.4 Å². The Morgan fingerprint density at radius 3 is 2.87 bits per heavy atom. The van der Waals surface area contributed by atoms with Crippen molar-refractivity contribution in [2.24, 2.45) is 10.9 Å². The van der Waals surface area contributed by atoms with E-state index in [1.165, 1.54) is 11.1 Å². The van der Waals surface area contributed by atoms with E-state index in [1.54, 1.807) is 0 Å². The molecule has 1 aliphatic rings. The van der Waals surface area contributed by atoms with Crippen LogP contribution in [0.3, 0.4) is 0 Å². The molecule has 0 spiro atoms. The highest BCUT2D eigenvalue weighted by Crippen LogP contribution is 2.16. The van der Waals surface area contributed by atoms with Crippen LogP contribution in [0.15, 0.2) is 29.3 Å². The Balaban J connectivity index is 0.00000264. The molecular formula is C18H30IN3O. The molecule has 1 heterocycles. The number of rotatable bonds is 5. The van der Waals surface area contributed by atoms with Gasteiger partial charge in [0.05, 0.1) is 6.61 Å². The summed E-state index contributed by atoms with van der Waals surface area (Å²) >= 11 is 0. The number of ether oxygens (including phenoxy) is 1. The third-order valence-corrected chi connectivity index (χ3v) is 4.31. The van der Waals surface area contributed by atoms with Gasteiger partial charge in [-0.3, -0.25) is 4.99 Å². The number of aliphatic imine (C=N–C) groups is 1. The summed E-state index contributed by atoms with van der Waals surface area (Å²) in [6, 6.07) is 8.72. The molecule has 130 valence electrons. The Morgan fingerprint density at radius 2 is 2.26 bits per heavy atom. The highest BCUT2D eigenvalue weighted by Gasteiger charge is 2.19. The average Bonchev–Trinajstić information content (AvgIpc) is 3.00. The Kier molecular flexibility index (Phi) is 8.91. The first-order valence-electron chi connectivity index (χ1n) is 8.16. The Labute approximate surface area is 157 Å². The van der Waals surface area contributed by atoms with E-state index in [0.29, 0.717) is 11.8 Å². The lowest BCUT2D eigenvalue weighted by atomic mass is 9.99. The minimum absolute atomic E-state index is 0. The minimum Gasteiger partial charge on any atom is -0.381 e. The predicted molar refractivity (Wildman–Crippen MR) is 108 cm³/mol. The number of nitrogens with zero attached hydrogens (tertiary/aromatic N) is 2. The zero-order valence-corrected chi connectivity index (χ0v) is 17.0. The van der Waals surface area contributed by atoms with Gasteiger partial charge in [-0.1, -0.05) is 36.8 Å². The summed E-state index contributed by atoms with van der Waals surface area (Å²) in [6.45, 7) is 8.05. The lowest BCUT2D eigenvalue weighted by molar-refractivity contribution is 0.181. The van der Waals surface area contributed by atoms with E-state index in [0.717, 1.165) is 38.7 Å². The molecule has 23 heavy (non-hydrogen) atoms. The van der Waals surface area contributed by atoms with Gasteiger partial charge in [0, 0.05) is 39.7 Å². The number of benzene rings is 1. The highest BCUT2D eigenvalue weighted by molar-refractivity contribution is 14.0. The van der Waals surface area contributed by atoms with E-state index < -0.39 is 0 Å². The third-order valence-electron chi connectivity index (χ3n) is 4.31. The van der Waals surface area contributed by atoms with Crippen molar-refractivity contribution in [2.75, 3.05) is 40.4 Å². The standard InChI is InChI=1S/C18H29N3O.HI/c1-14-6-5-7-17(10-14)15(2)11-20-18(19-3)21(4)12-16-8-9-22-13-16;/h5-7,10,15-16H,8-9,11-13H2,1-4H3,(H,19,20);1H. The van der Waals surface area contributed by atoms with Crippen LogP contribution >= 0.6 is 24.0 Å². The number of hydrogen-bond donors (Lipinski definition) is 1. The van der Waals surface area contributed by atoms with Gasteiger partial charge in [0.25, 0.3) is 0 Å². The van der Waals surface area contributed by atoms with Gasteiger partial charge < -0.3 is 15.0 Å². The van der Waals surface area contributed by atoms with Gasteiger partial charge in [-0.2, -0.15) is 0 Å². The van der Waals surface area contributed by atoms with Crippen molar-refractivity contribution in [2.45, 2.75) is 26.2 Å². The van der Waals surface area contributed by atoms with Gasteiger partial charge in [-0.05, 0) is 24.8 Å². The van der Waals surface area contributed by atoms with Gasteiger partial charge in [-0.15, -0.1) is 24.0 Å². The summed E-state index contributed by atoms with van der Waals surface area (Å²) in [7, 11) is 3.95. The second kappa shape index (κ2) is 10.1. The van der Waals surface area contributed by atoms with E-state index in [1.807, 2.05) is 7.05 Å². The lowest BCUT2D eigenvalue weighted by Crippen LogP contribution is -2.42. The number of guanidine groups is 1. The molecule has 1 aromatic carbocycles. The van der Waals surface area contributed by atoms with Crippen molar-refractivity contribution in [3.8, 4) is 0 Å². The Bertz CT molecular complexity index is 501. The summed E-state index contributed by atoms with van der Waals surface area (Å²) in [5, 5.41) is 3.50. The maximum Gasteiger partial charge on any atom is 0.193 e. The van der Waals surface area contributed by atoms with Crippen LogP contribution < -0.4 is 5.32 Å². The van der Waals surface area contributed by atoms with Crippen LogP contribution in [0.5, 0.6) is 0 Å². The van der Waals surface area contributed by atoms with Crippen molar-refractivity contribution >= 4 is 29.9 Å². The zero-order chi connectivity index (χ0) is 15.9. The van der Waals surface area contributed by atoms with Crippen LogP contribution in [-0.2, 0) is 4.74 Å². The molecule has 0 bridgehead atoms. The molecule has 0 aromatic heterocycles. The van der Waals surface area contributed by atoms with Crippen molar-refractivity contribution in [1.82, 2.24) is 10.2 Å². The first-order valence-corrected chi connectivity index (χ1v) is 8.16. The maximum absolute atomic E-state index is 5.45. The van der Waals surface area contributed by atoms with Gasteiger partial charge in [0.15, 0.2) is 5.96 Å². The fourth-order valence-electron chi connectivity index (χ4n) is 2.92. The molecule has 2 atom stereocenters. The molecule has 5 heteroatoms. The molecule has 2 rings (SSSR count). The molecule has 0 aliphatic carbocycles. The minimum atomic E-state index is 0. The second-order valence-electron chi connectivity index (χ2n) is 6.35. The van der Waals surface area contributed by atoms with Crippen LogP contribution in [0, 0.1) is 12.8 Å². The molecule has 1 saturated heterocycles. The van der Waals surface area contributed by atoms with Crippen LogP contribution in [-0.4, -0.2) is 51.3 Å². The molecule has 1 fully saturated rings. The first kappa shape index (κ1) is 20.2. The molecule has 1 aromatic rings. The number of hydrogen-bond acceptors (Lipinski definition) is 2. The van der Waals surface area contributed by atoms with E-state index >= 15 is 0 Å². The fraction of sp³-hybridized carbons (Fsp3) is 0.611. The number of nitrogens with one attached hydrogen (secondary N) is 1. The average molecular weight is 431 g/mol. The molecule has 1 aliphatic heterocycles. The van der Waals surface area contributed by atoms with Crippen molar-refractivity contribution in [3.05, 3.63) is 35.4 Å². The molecule has 1 N–H and O–H groups in total. The maximum atomic E-state index is 5.45. The second-order valence-corrected chi connectivity index (χ2v) is 6.35. The first-order chi connectivity index (χ1) is 10.6. The largest absolute Gasteiger partial charge is 0.381 e. The highest BCUT2D eigenvalue weighted by atomic mass is 127. The van der Waals surface area contributed by atoms with Gasteiger partial charge in [-0.25, -0.2) is 0 Å². The summed E-state index contributed by atoms with van der Waals surface area (Å²) < 4.78 is 5.45. The SMILES string of the molecule is CN=C(NCC(C)c1cccc(C)c1)N(C)CC1CCOC1.I. The Morgan fingerprint density at radius 1 is 1.48 bits per heavy atom. The van der Waals surface area contributed by atoms with Gasteiger partial charge >= 0.3 is 0 Å². The topological polar surface area (TPSA) is 36.9 Å². The molecule has 0 radical (unpaired) electrons. The monoisotopic (exact) mass is 431 g/mol. The predicted octanol–water partition coefficient (Wildman–Crippen LogP) is 3.26. The van der Waals surface area contributed by atoms with Gasteiger partial charge in [0.2, 0.25) is 0 Å². The van der Waals surface area contributed by atoms with Crippen molar-refractivity contribution < 1.29 is 4.74 Å². The lowest BCUT2D eigenvalue weighted by Gasteiger charge is -2.25. The number of aryl methyl sites for hydroxylation is 1. The van der Waals surface area contributed by atoms with E-state index in [-0.39, 0.29) is 24.0 Å². The van der Waals surface area contributed by atoms with Crippen molar-refractivity contribution in [3.63, 3.8) is 0 Å². The quantitative estimate of drug-likeness (QED) is 0.442. The third kappa shape index (κ3) is 6.30. The number of halogens is 1. The molecular weight excluding hydrogens is 401 g/mol. The van der Waals surface area contributed by atoms with Crippen LogP contribution in [0.2, 0.25) is 0 Å². The smallest absolute Gasteiger partial charge is 0.193 e. The van der Waals surface area contributed by atoms with E-state index in [4.69, 9.17) is 4.74 Å². The van der Waals surface area contributed by atoms with Crippen LogP contribution in [0.4, 0.5) is 0 Å². The normalized spacial score (nSPS) is 19.1. The Hall–Kier alpha value is -0.820. The summed E-state index contributed by atoms with van der Waals surface area (Å²) in [4.78, 5) is 6.61. The summed E-state index contributed by atoms with van der Waals surface area (Å²) in [5.74, 6) is 2.05. The van der Waals surface area contributed by atoms with Crippen LogP contribution in [0.25, 0.3) is 0 Å². The molecule has 0 saturated carbocycles. The zero-order valence-electron chi connectivity index (χ0n) is 14.7. The van der Waals surface area contributed by atoms with Gasteiger partial charge in [0.1, 0.15) is 0 Å². The summed E-state index contributed by atoms with van der Waals surface area (Å²) in [6.07, 6.45) is 1.15. The fourth-order valence-corrected chi connectivity index (χ4v) is 2.92. The van der Waals surface area contributed by atoms with E-state index in [2.05, 4.69) is 60.4 Å².